The first kappa shape index (κ1) is 46.3. The van der Waals surface area contributed by atoms with Crippen molar-refractivity contribution >= 4 is 198 Å². The average Bonchev–Trinajstić information content (AvgIpc) is 1.04. The predicted octanol–water partition coefficient (Wildman–Crippen LogP) is 10.5. The van der Waals surface area contributed by atoms with E-state index in [0.717, 1.165) is 138 Å². The molecule has 13 aromatic rings. The molecule has 1 aromatic heterocycles. The second kappa shape index (κ2) is 16.4. The van der Waals surface area contributed by atoms with Crippen molar-refractivity contribution < 1.29 is 9.47 Å². The van der Waals surface area contributed by atoms with Crippen LogP contribution in [0.4, 0.5) is 73.9 Å². The Balaban J connectivity index is 0.817. The van der Waals surface area contributed by atoms with Gasteiger partial charge < -0.3 is 29.1 Å². The fraction of sp³-hybridized carbons (Fsp3) is 0. The van der Waals surface area contributed by atoms with Crippen LogP contribution in [0.1, 0.15) is 5.56 Å². The zero-order valence-electron chi connectivity index (χ0n) is 46.2. The van der Waals surface area contributed by atoms with Crippen LogP contribution in [-0.4, -0.2) is 26.9 Å². The fourth-order valence-corrected chi connectivity index (χ4v) is 17.9. The number of rotatable bonds is 2. The average molecular weight is 1120 g/mol. The largest absolute Gasteiger partial charge is 0.469 e. The molecular formula is C74H38B4N6O2S. The van der Waals surface area contributed by atoms with E-state index in [0.29, 0.717) is 22.7 Å². The lowest BCUT2D eigenvalue weighted by Gasteiger charge is -2.49. The van der Waals surface area contributed by atoms with Gasteiger partial charge in [0.2, 0.25) is 6.71 Å². The maximum Gasteiger partial charge on any atom is 0.256 e. The molecule has 12 aromatic carbocycles. The third-order valence-electron chi connectivity index (χ3n) is 19.9. The van der Waals surface area contributed by atoms with Gasteiger partial charge in [-0.15, -0.1) is 11.3 Å². The topological polar surface area (TPSA) is 59.6 Å². The van der Waals surface area contributed by atoms with Crippen molar-refractivity contribution in [3.63, 3.8) is 0 Å². The van der Waals surface area contributed by atoms with Crippen LogP contribution in [0.25, 0.3) is 25.0 Å². The molecule has 0 bridgehead atoms. The number of thiophene rings is 1. The number of nitriles is 1. The SMILES string of the molecule is [C-]#[N+]c1c2c3c4c5c1N(c1ccccc1)c1ccccc1B5c1ccccc1N4c1ccccc1B3c1cc3c(cc1O2)sc1cc2c(cc13)B1c3ccccc3N3c4ccccc4B4c5ccccc5N(c5ccccc5)c5c(C#N)c(c1c3c54)O2. The molecule has 8 aliphatic heterocycles. The zero-order chi connectivity index (χ0) is 56.7. The molecule has 0 N–H and O–H groups in total. The van der Waals surface area contributed by atoms with Crippen LogP contribution in [-0.2, 0) is 0 Å². The van der Waals surface area contributed by atoms with Crippen LogP contribution < -0.4 is 94.6 Å². The molecule has 0 fully saturated rings. The summed E-state index contributed by atoms with van der Waals surface area (Å²) in [6.45, 7) is 8.49. The highest BCUT2D eigenvalue weighted by atomic mass is 32.1. The Kier molecular flexibility index (Phi) is 8.73. The highest BCUT2D eigenvalue weighted by Gasteiger charge is 2.55. The van der Waals surface area contributed by atoms with E-state index in [-0.39, 0.29) is 26.9 Å². The van der Waals surface area contributed by atoms with Crippen LogP contribution in [0.5, 0.6) is 23.0 Å². The van der Waals surface area contributed by atoms with Gasteiger partial charge in [0.25, 0.3) is 25.8 Å². The van der Waals surface area contributed by atoms with Crippen LogP contribution in [0.3, 0.4) is 0 Å². The Bertz CT molecular complexity index is 5130. The molecule has 8 nitrogen and oxygen atoms in total. The highest BCUT2D eigenvalue weighted by molar-refractivity contribution is 7.26. The van der Waals surface area contributed by atoms with Gasteiger partial charge in [0.1, 0.15) is 34.6 Å². The highest BCUT2D eigenvalue weighted by Crippen LogP contribution is 2.55. The Morgan fingerprint density at radius 2 is 0.713 bits per heavy atom. The van der Waals surface area contributed by atoms with E-state index in [2.05, 4.69) is 255 Å². The van der Waals surface area contributed by atoms with Gasteiger partial charge in [0.05, 0.1) is 17.9 Å². The van der Waals surface area contributed by atoms with E-state index in [1.54, 1.807) is 11.3 Å². The number of anilines is 12. The van der Waals surface area contributed by atoms with Crippen LogP contribution in [0.15, 0.2) is 231 Å². The van der Waals surface area contributed by atoms with Crippen molar-refractivity contribution in [1.82, 2.24) is 0 Å². The molecule has 87 heavy (non-hydrogen) atoms. The zero-order valence-corrected chi connectivity index (χ0v) is 47.0. The molecule has 0 atom stereocenters. The second-order valence-electron chi connectivity index (χ2n) is 23.8. The summed E-state index contributed by atoms with van der Waals surface area (Å²) in [5, 5.41) is 14.1. The number of para-hydroxylation sites is 8. The first-order chi connectivity index (χ1) is 43.1. The van der Waals surface area contributed by atoms with Crippen molar-refractivity contribution in [3.8, 4) is 29.1 Å². The summed E-state index contributed by atoms with van der Waals surface area (Å²) in [4.78, 5) is 14.1. The number of benzene rings is 12. The normalized spacial score (nSPS) is 14.4. The van der Waals surface area contributed by atoms with Gasteiger partial charge in [-0.1, -0.05) is 158 Å². The van der Waals surface area contributed by atoms with Crippen molar-refractivity contribution in [2.24, 2.45) is 0 Å². The second-order valence-corrected chi connectivity index (χ2v) is 24.9. The monoisotopic (exact) mass is 1120 g/mol. The smallest absolute Gasteiger partial charge is 0.256 e. The minimum atomic E-state index is -0.261. The lowest BCUT2D eigenvalue weighted by molar-refractivity contribution is 0.487. The summed E-state index contributed by atoms with van der Waals surface area (Å²) in [6, 6.07) is 85.9. The van der Waals surface area contributed by atoms with E-state index >= 15 is 0 Å². The molecule has 0 unspecified atom stereocenters. The fourth-order valence-electron chi connectivity index (χ4n) is 16.8. The maximum absolute atomic E-state index is 11.9. The quantitative estimate of drug-likeness (QED) is 0.126. The molecule has 8 aliphatic rings. The summed E-state index contributed by atoms with van der Waals surface area (Å²) in [5.41, 5.74) is 27.1. The Labute approximate surface area is 505 Å². The van der Waals surface area contributed by atoms with Crippen molar-refractivity contribution in [1.29, 1.82) is 5.26 Å². The summed E-state index contributed by atoms with van der Waals surface area (Å²) in [7, 11) is 0. The molecule has 0 saturated carbocycles. The van der Waals surface area contributed by atoms with E-state index in [1.807, 2.05) is 6.07 Å². The molecule has 0 radical (unpaired) electrons. The van der Waals surface area contributed by atoms with E-state index in [1.165, 1.54) is 27.3 Å². The van der Waals surface area contributed by atoms with Gasteiger partial charge in [-0.2, -0.15) is 5.26 Å². The minimum Gasteiger partial charge on any atom is -0.469 e. The third-order valence-corrected chi connectivity index (χ3v) is 21.1. The Morgan fingerprint density at radius 1 is 0.368 bits per heavy atom. The van der Waals surface area contributed by atoms with Crippen molar-refractivity contribution in [2.75, 3.05) is 19.6 Å². The molecule has 9 heterocycles. The molecule has 0 amide bonds. The minimum absolute atomic E-state index is 0.140. The number of nitrogens with zero attached hydrogens (tertiary/aromatic N) is 6. The van der Waals surface area contributed by atoms with Gasteiger partial charge >= 0.3 is 0 Å². The molecular weight excluding hydrogens is 1080 g/mol. The number of hydrogen-bond donors (Lipinski definition) is 0. The van der Waals surface area contributed by atoms with Gasteiger partial charge in [-0.25, -0.2) is 4.85 Å². The van der Waals surface area contributed by atoms with Crippen molar-refractivity contribution in [2.45, 2.75) is 0 Å². The van der Waals surface area contributed by atoms with Crippen LogP contribution in [0.2, 0.25) is 0 Å². The number of ether oxygens (including phenoxy) is 2. The number of fused-ring (bicyclic) bond motifs is 23. The van der Waals surface area contributed by atoms with E-state index < -0.39 is 0 Å². The standard InChI is InChI=1S/C74H38B4N6O2S/c1-80-68-72-65-71-67-74(68)86-61-39-63-44(37-53(61)78(67)51-29-13-19-35-59(51)84(71)57-33-17-11-27-49(57)76(65)47-25-9-15-31-55(47)82(72)42-22-6-3-7-23-42)43-36-52-60(38-62(43)87-63)85-73-45(40-79)69-64-70-66(73)77(52)50-28-12-18-34-58(50)83(70)56-32-16-10-26-48(56)75(64)46-24-8-14-30-54(46)81(69)41-20-4-2-5-21-41/h2-39H. The molecule has 394 valence electrons. The predicted molar refractivity (Wildman–Crippen MR) is 361 cm³/mol. The number of hydrogen-bond acceptors (Lipinski definition) is 8. The van der Waals surface area contributed by atoms with Crippen LogP contribution >= 0.6 is 11.3 Å². The Morgan fingerprint density at radius 3 is 1.13 bits per heavy atom. The first-order valence-corrected chi connectivity index (χ1v) is 30.5. The summed E-state index contributed by atoms with van der Waals surface area (Å²) < 4.78 is 17.1. The van der Waals surface area contributed by atoms with E-state index in [9.17, 15) is 11.8 Å². The molecule has 0 saturated heterocycles. The molecule has 13 heteroatoms. The Hall–Kier alpha value is -11.1. The van der Waals surface area contributed by atoms with E-state index in [4.69, 9.17) is 9.47 Å². The molecule has 0 spiro atoms. The third kappa shape index (κ3) is 5.59. The van der Waals surface area contributed by atoms with Gasteiger partial charge in [-0.3, -0.25) is 0 Å². The first-order valence-electron chi connectivity index (χ1n) is 29.6. The summed E-state index contributed by atoms with van der Waals surface area (Å²) in [5.74, 6) is 2.71. The van der Waals surface area contributed by atoms with Gasteiger partial charge in [-0.05, 0) is 138 Å². The summed E-state index contributed by atoms with van der Waals surface area (Å²) >= 11 is 1.72. The van der Waals surface area contributed by atoms with Crippen molar-refractivity contribution in [3.05, 3.63) is 248 Å². The summed E-state index contributed by atoms with van der Waals surface area (Å²) in [6.07, 6.45) is 0. The molecule has 0 aliphatic carbocycles. The molecule has 21 rings (SSSR count). The van der Waals surface area contributed by atoms with Gasteiger partial charge in [0.15, 0.2) is 0 Å². The lowest BCUT2D eigenvalue weighted by Crippen LogP contribution is -2.68. The van der Waals surface area contributed by atoms with Crippen LogP contribution in [0, 0.1) is 17.9 Å². The maximum atomic E-state index is 11.9. The van der Waals surface area contributed by atoms with Gasteiger partial charge in [0, 0.05) is 77.0 Å². The lowest BCUT2D eigenvalue weighted by atomic mass is 9.29.